The van der Waals surface area contributed by atoms with Crippen molar-refractivity contribution in [2.45, 2.75) is 31.7 Å². The summed E-state index contributed by atoms with van der Waals surface area (Å²) in [5, 5.41) is 3.20. The highest BCUT2D eigenvalue weighted by molar-refractivity contribution is 5.87. The maximum Gasteiger partial charge on any atom is 0.232 e. The van der Waals surface area contributed by atoms with Gasteiger partial charge in [0.1, 0.15) is 0 Å². The number of hydrogen-bond acceptors (Lipinski definition) is 1. The van der Waals surface area contributed by atoms with Crippen molar-refractivity contribution in [3.63, 3.8) is 0 Å². The van der Waals surface area contributed by atoms with E-state index in [1.807, 2.05) is 60.7 Å². The molecule has 3 rings (SSSR count). The maximum absolute atomic E-state index is 12.8. The Balaban J connectivity index is 1.87. The molecule has 1 fully saturated rings. The van der Waals surface area contributed by atoms with Crippen LogP contribution in [0.4, 0.5) is 0 Å². The Morgan fingerprint density at radius 1 is 0.952 bits per heavy atom. The van der Waals surface area contributed by atoms with Crippen molar-refractivity contribution < 1.29 is 4.79 Å². The van der Waals surface area contributed by atoms with Crippen LogP contribution >= 0.6 is 0 Å². The van der Waals surface area contributed by atoms with Crippen LogP contribution in [-0.4, -0.2) is 11.9 Å². The molecule has 1 atom stereocenters. The molecule has 0 spiro atoms. The van der Waals surface area contributed by atoms with Gasteiger partial charge in [-0.1, -0.05) is 60.7 Å². The highest BCUT2D eigenvalue weighted by Crippen LogP contribution is 2.33. The van der Waals surface area contributed by atoms with Gasteiger partial charge in [-0.3, -0.25) is 4.79 Å². The highest BCUT2D eigenvalue weighted by Gasteiger charge is 2.31. The standard InChI is InChI=1S/C19H21NO/c1-14(15-12-13-15)20-19(21)18(16-8-4-2-5-9-16)17-10-6-3-7-11-17/h2-11,14-15,18H,12-13H2,1H3,(H,20,21)/t14-/m0/s1. The molecular formula is C19H21NO. The predicted octanol–water partition coefficient (Wildman–Crippen LogP) is 3.73. The van der Waals surface area contributed by atoms with Crippen LogP contribution in [-0.2, 0) is 4.79 Å². The lowest BCUT2D eigenvalue weighted by Crippen LogP contribution is -2.37. The van der Waals surface area contributed by atoms with Gasteiger partial charge in [-0.15, -0.1) is 0 Å². The minimum Gasteiger partial charge on any atom is -0.353 e. The second-order valence-electron chi connectivity index (χ2n) is 5.89. The first-order valence-electron chi connectivity index (χ1n) is 7.66. The first-order valence-corrected chi connectivity index (χ1v) is 7.66. The molecule has 1 amide bonds. The van der Waals surface area contributed by atoms with E-state index in [1.165, 1.54) is 12.8 Å². The number of amides is 1. The van der Waals surface area contributed by atoms with Crippen molar-refractivity contribution in [2.24, 2.45) is 5.92 Å². The lowest BCUT2D eigenvalue weighted by Gasteiger charge is -2.21. The average Bonchev–Trinajstić information content (AvgIpc) is 3.34. The zero-order chi connectivity index (χ0) is 14.7. The fraction of sp³-hybridized carbons (Fsp3) is 0.316. The minimum absolute atomic E-state index is 0.104. The largest absolute Gasteiger partial charge is 0.353 e. The van der Waals surface area contributed by atoms with Crippen molar-refractivity contribution >= 4 is 5.91 Å². The second kappa shape index (κ2) is 6.13. The molecule has 0 saturated heterocycles. The second-order valence-corrected chi connectivity index (χ2v) is 5.89. The van der Waals surface area contributed by atoms with Gasteiger partial charge in [-0.25, -0.2) is 0 Å². The van der Waals surface area contributed by atoms with Crippen molar-refractivity contribution in [3.8, 4) is 0 Å². The summed E-state index contributed by atoms with van der Waals surface area (Å²) >= 11 is 0. The van der Waals surface area contributed by atoms with E-state index in [0.29, 0.717) is 5.92 Å². The van der Waals surface area contributed by atoms with Crippen LogP contribution in [0.3, 0.4) is 0 Å². The Morgan fingerprint density at radius 3 is 1.86 bits per heavy atom. The third-order valence-corrected chi connectivity index (χ3v) is 4.23. The van der Waals surface area contributed by atoms with E-state index < -0.39 is 0 Å². The normalized spacial score (nSPS) is 15.7. The molecule has 0 aliphatic heterocycles. The Bertz CT molecular complexity index is 550. The van der Waals surface area contributed by atoms with Gasteiger partial charge in [0.05, 0.1) is 5.92 Å². The molecule has 2 aromatic rings. The topological polar surface area (TPSA) is 29.1 Å². The van der Waals surface area contributed by atoms with Gasteiger partial charge in [0.25, 0.3) is 0 Å². The number of rotatable bonds is 5. The average molecular weight is 279 g/mol. The van der Waals surface area contributed by atoms with E-state index in [-0.39, 0.29) is 17.9 Å². The van der Waals surface area contributed by atoms with Crippen LogP contribution in [0.15, 0.2) is 60.7 Å². The summed E-state index contributed by atoms with van der Waals surface area (Å²) < 4.78 is 0. The van der Waals surface area contributed by atoms with Gasteiger partial charge < -0.3 is 5.32 Å². The van der Waals surface area contributed by atoms with Gasteiger partial charge in [-0.05, 0) is 36.8 Å². The fourth-order valence-electron chi connectivity index (χ4n) is 2.81. The lowest BCUT2D eigenvalue weighted by atomic mass is 9.90. The molecule has 21 heavy (non-hydrogen) atoms. The lowest BCUT2D eigenvalue weighted by molar-refractivity contribution is -0.122. The first kappa shape index (κ1) is 13.9. The van der Waals surface area contributed by atoms with Gasteiger partial charge in [0.15, 0.2) is 0 Å². The molecule has 2 heteroatoms. The smallest absolute Gasteiger partial charge is 0.232 e. The number of benzene rings is 2. The molecule has 1 saturated carbocycles. The summed E-state index contributed by atoms with van der Waals surface area (Å²) in [5.74, 6) is 0.543. The molecule has 1 aliphatic rings. The summed E-state index contributed by atoms with van der Waals surface area (Å²) in [6.45, 7) is 2.11. The summed E-state index contributed by atoms with van der Waals surface area (Å²) in [6, 6.07) is 20.3. The molecular weight excluding hydrogens is 258 g/mol. The Hall–Kier alpha value is -2.09. The van der Waals surface area contributed by atoms with E-state index >= 15 is 0 Å². The zero-order valence-electron chi connectivity index (χ0n) is 12.3. The molecule has 0 heterocycles. The predicted molar refractivity (Wildman–Crippen MR) is 85.1 cm³/mol. The quantitative estimate of drug-likeness (QED) is 0.887. The van der Waals surface area contributed by atoms with E-state index in [4.69, 9.17) is 0 Å². The molecule has 0 aromatic heterocycles. The van der Waals surface area contributed by atoms with Crippen LogP contribution in [0.25, 0.3) is 0 Å². The van der Waals surface area contributed by atoms with Gasteiger partial charge in [0, 0.05) is 6.04 Å². The van der Waals surface area contributed by atoms with Gasteiger partial charge in [-0.2, -0.15) is 0 Å². The highest BCUT2D eigenvalue weighted by atomic mass is 16.1. The third kappa shape index (κ3) is 3.33. The van der Waals surface area contributed by atoms with Gasteiger partial charge in [0.2, 0.25) is 5.91 Å². The summed E-state index contributed by atoms with van der Waals surface area (Å²) in [6.07, 6.45) is 2.48. The van der Waals surface area contributed by atoms with E-state index in [9.17, 15) is 4.79 Å². The van der Waals surface area contributed by atoms with Crippen LogP contribution in [0.5, 0.6) is 0 Å². The third-order valence-electron chi connectivity index (χ3n) is 4.23. The van der Waals surface area contributed by atoms with Crippen LogP contribution in [0.2, 0.25) is 0 Å². The maximum atomic E-state index is 12.8. The Kier molecular flexibility index (Phi) is 4.05. The molecule has 0 bridgehead atoms. The molecule has 108 valence electrons. The number of nitrogens with one attached hydrogen (secondary N) is 1. The number of hydrogen-bond donors (Lipinski definition) is 1. The van der Waals surface area contributed by atoms with Crippen molar-refractivity contribution in [2.75, 3.05) is 0 Å². The van der Waals surface area contributed by atoms with E-state index in [0.717, 1.165) is 11.1 Å². The SMILES string of the molecule is C[C@H](NC(=O)C(c1ccccc1)c1ccccc1)C1CC1. The van der Waals surface area contributed by atoms with Crippen LogP contribution in [0.1, 0.15) is 36.8 Å². The Morgan fingerprint density at radius 2 is 1.43 bits per heavy atom. The minimum atomic E-state index is -0.228. The van der Waals surface area contributed by atoms with Crippen molar-refractivity contribution in [1.29, 1.82) is 0 Å². The molecule has 2 aromatic carbocycles. The first-order chi connectivity index (χ1) is 10.3. The van der Waals surface area contributed by atoms with Crippen LogP contribution in [0, 0.1) is 5.92 Å². The monoisotopic (exact) mass is 279 g/mol. The van der Waals surface area contributed by atoms with E-state index in [1.54, 1.807) is 0 Å². The number of carbonyl (C=O) groups excluding carboxylic acids is 1. The summed E-state index contributed by atoms with van der Waals surface area (Å²) in [7, 11) is 0. The zero-order valence-corrected chi connectivity index (χ0v) is 12.3. The molecule has 1 aliphatic carbocycles. The molecule has 2 nitrogen and oxygen atoms in total. The van der Waals surface area contributed by atoms with Crippen molar-refractivity contribution in [3.05, 3.63) is 71.8 Å². The summed E-state index contributed by atoms with van der Waals surface area (Å²) in [4.78, 5) is 12.8. The number of carbonyl (C=O) groups is 1. The summed E-state index contributed by atoms with van der Waals surface area (Å²) in [5.41, 5.74) is 2.09. The van der Waals surface area contributed by atoms with Crippen molar-refractivity contribution in [1.82, 2.24) is 5.32 Å². The fourth-order valence-corrected chi connectivity index (χ4v) is 2.81. The Labute approximate surface area is 126 Å². The molecule has 0 radical (unpaired) electrons. The van der Waals surface area contributed by atoms with Crippen LogP contribution < -0.4 is 5.32 Å². The molecule has 0 unspecified atom stereocenters. The molecule has 1 N–H and O–H groups in total. The van der Waals surface area contributed by atoms with E-state index in [2.05, 4.69) is 12.2 Å². The van der Waals surface area contributed by atoms with Gasteiger partial charge >= 0.3 is 0 Å².